The molecule has 4 heterocycles. The Morgan fingerprint density at radius 2 is 1.39 bits per heavy atom. The second-order valence-electron chi connectivity index (χ2n) is 10.1. The van der Waals surface area contributed by atoms with E-state index in [0.29, 0.717) is 0 Å². The van der Waals surface area contributed by atoms with E-state index in [1.807, 2.05) is 0 Å². The summed E-state index contributed by atoms with van der Waals surface area (Å²) in [7, 11) is 2.25. The van der Waals surface area contributed by atoms with Crippen LogP contribution in [0.1, 0.15) is 36.8 Å². The predicted octanol–water partition coefficient (Wildman–Crippen LogP) is 3.53. The smallest absolute Gasteiger partial charge is 0.0723 e. The van der Waals surface area contributed by atoms with Crippen LogP contribution in [0.5, 0.6) is 0 Å². The third-order valence-corrected chi connectivity index (χ3v) is 8.03. The van der Waals surface area contributed by atoms with Crippen molar-refractivity contribution < 1.29 is 0 Å². The second-order valence-corrected chi connectivity index (χ2v) is 10.1. The van der Waals surface area contributed by atoms with E-state index in [9.17, 15) is 0 Å². The molecule has 5 nitrogen and oxygen atoms in total. The summed E-state index contributed by atoms with van der Waals surface area (Å²) in [4.78, 5) is 15.3. The standard InChI is InChI=1S/C26H39N5/c1-20-4-5-25-24(18-20)26(21(2)19-27-25)31-12-8-22(9-13-31)29-10-6-23(7-11-29)30-16-14-28(3)15-17-30/h4-5,18-19,22-23H,6-17H2,1-3H3. The monoisotopic (exact) mass is 421 g/mol. The number of piperazine rings is 1. The zero-order chi connectivity index (χ0) is 21.4. The lowest BCUT2D eigenvalue weighted by molar-refractivity contribution is 0.0495. The molecule has 3 aliphatic heterocycles. The van der Waals surface area contributed by atoms with E-state index >= 15 is 0 Å². The molecule has 1 aromatic heterocycles. The van der Waals surface area contributed by atoms with Gasteiger partial charge in [-0.25, -0.2) is 0 Å². The molecule has 2 aromatic rings. The fourth-order valence-electron chi connectivity index (χ4n) is 6.07. The average Bonchev–Trinajstić information content (AvgIpc) is 2.80. The Bertz CT molecular complexity index is 883. The SMILES string of the molecule is Cc1ccc2ncc(C)c(N3CCC(N4CCC(N5CCN(C)CC5)CC4)CC3)c2c1. The summed E-state index contributed by atoms with van der Waals surface area (Å²) in [6.45, 7) is 14.3. The second kappa shape index (κ2) is 9.05. The topological polar surface area (TPSA) is 25.9 Å². The normalized spacial score (nSPS) is 23.6. The van der Waals surface area contributed by atoms with Gasteiger partial charge in [0.05, 0.1) is 11.2 Å². The van der Waals surface area contributed by atoms with Crippen molar-refractivity contribution in [1.29, 1.82) is 0 Å². The Kier molecular flexibility index (Phi) is 6.18. The van der Waals surface area contributed by atoms with Gasteiger partial charge in [0.25, 0.3) is 0 Å². The molecule has 0 spiro atoms. The minimum absolute atomic E-state index is 0.764. The van der Waals surface area contributed by atoms with Crippen LogP contribution in [-0.4, -0.2) is 91.2 Å². The number of fused-ring (bicyclic) bond motifs is 1. The Hall–Kier alpha value is -1.69. The van der Waals surface area contributed by atoms with E-state index in [1.165, 1.54) is 87.2 Å². The van der Waals surface area contributed by atoms with Crippen LogP contribution in [0.3, 0.4) is 0 Å². The average molecular weight is 422 g/mol. The summed E-state index contributed by atoms with van der Waals surface area (Å²) in [5, 5.41) is 1.33. The van der Waals surface area contributed by atoms with Crippen molar-refractivity contribution in [1.82, 2.24) is 19.7 Å². The zero-order valence-corrected chi connectivity index (χ0v) is 19.7. The van der Waals surface area contributed by atoms with Gasteiger partial charge in [-0.05, 0) is 77.4 Å². The fourth-order valence-corrected chi connectivity index (χ4v) is 6.07. The lowest BCUT2D eigenvalue weighted by Gasteiger charge is -2.46. The van der Waals surface area contributed by atoms with Gasteiger partial charge in [0.2, 0.25) is 0 Å². The number of nitrogens with zero attached hydrogens (tertiary/aromatic N) is 5. The summed E-state index contributed by atoms with van der Waals surface area (Å²) in [5.74, 6) is 0. The Morgan fingerprint density at radius 1 is 0.774 bits per heavy atom. The maximum atomic E-state index is 4.67. The highest BCUT2D eigenvalue weighted by molar-refractivity contribution is 5.93. The summed E-state index contributed by atoms with van der Waals surface area (Å²) < 4.78 is 0. The van der Waals surface area contributed by atoms with Gasteiger partial charge in [0, 0.05) is 62.9 Å². The van der Waals surface area contributed by atoms with Gasteiger partial charge in [0.1, 0.15) is 0 Å². The molecule has 0 amide bonds. The number of hydrogen-bond acceptors (Lipinski definition) is 5. The number of benzene rings is 1. The van der Waals surface area contributed by atoms with Crippen molar-refractivity contribution in [3.63, 3.8) is 0 Å². The first kappa shape index (κ1) is 21.2. The first-order valence-corrected chi connectivity index (χ1v) is 12.4. The van der Waals surface area contributed by atoms with Crippen LogP contribution < -0.4 is 4.90 Å². The van der Waals surface area contributed by atoms with Crippen LogP contribution in [0, 0.1) is 13.8 Å². The van der Waals surface area contributed by atoms with Crippen LogP contribution in [-0.2, 0) is 0 Å². The van der Waals surface area contributed by atoms with Gasteiger partial charge in [-0.15, -0.1) is 0 Å². The number of likely N-dealkylation sites (N-methyl/N-ethyl adjacent to an activating group) is 1. The summed E-state index contributed by atoms with van der Waals surface area (Å²) in [5.41, 5.74) is 5.17. The predicted molar refractivity (Wildman–Crippen MR) is 130 cm³/mol. The highest BCUT2D eigenvalue weighted by atomic mass is 15.3. The molecule has 1 aromatic carbocycles. The largest absolute Gasteiger partial charge is 0.371 e. The summed E-state index contributed by atoms with van der Waals surface area (Å²) in [6, 6.07) is 8.25. The van der Waals surface area contributed by atoms with Crippen LogP contribution in [0.25, 0.3) is 10.9 Å². The van der Waals surface area contributed by atoms with E-state index in [1.54, 1.807) is 0 Å². The van der Waals surface area contributed by atoms with Gasteiger partial charge in [0.15, 0.2) is 0 Å². The molecule has 0 N–H and O–H groups in total. The van der Waals surface area contributed by atoms with E-state index in [2.05, 4.69) is 69.9 Å². The molecular formula is C26H39N5. The third kappa shape index (κ3) is 4.46. The van der Waals surface area contributed by atoms with Crippen molar-refractivity contribution in [2.75, 3.05) is 64.3 Å². The first-order chi connectivity index (χ1) is 15.1. The van der Waals surface area contributed by atoms with Crippen LogP contribution in [0.4, 0.5) is 5.69 Å². The molecule has 0 aliphatic carbocycles. The van der Waals surface area contributed by atoms with Crippen LogP contribution in [0.15, 0.2) is 24.4 Å². The molecule has 3 aliphatic rings. The zero-order valence-electron chi connectivity index (χ0n) is 19.7. The molecule has 0 radical (unpaired) electrons. The molecule has 3 saturated heterocycles. The molecule has 168 valence electrons. The molecule has 0 saturated carbocycles. The highest BCUT2D eigenvalue weighted by Crippen LogP contribution is 2.33. The van der Waals surface area contributed by atoms with Crippen molar-refractivity contribution in [3.8, 4) is 0 Å². The van der Waals surface area contributed by atoms with E-state index in [-0.39, 0.29) is 0 Å². The lowest BCUT2D eigenvalue weighted by Crippen LogP contribution is -2.54. The molecule has 0 atom stereocenters. The maximum absolute atomic E-state index is 4.67. The van der Waals surface area contributed by atoms with Gasteiger partial charge in [-0.1, -0.05) is 11.6 Å². The number of pyridine rings is 1. The van der Waals surface area contributed by atoms with E-state index < -0.39 is 0 Å². The van der Waals surface area contributed by atoms with E-state index in [0.717, 1.165) is 30.7 Å². The molecule has 0 bridgehead atoms. The Labute approximate surface area is 188 Å². The summed E-state index contributed by atoms with van der Waals surface area (Å²) in [6.07, 6.45) is 7.35. The lowest BCUT2D eigenvalue weighted by atomic mass is 9.95. The fraction of sp³-hybridized carbons (Fsp3) is 0.654. The number of rotatable bonds is 3. The van der Waals surface area contributed by atoms with Gasteiger partial charge in [-0.3, -0.25) is 9.88 Å². The molecule has 5 rings (SSSR count). The number of aryl methyl sites for hydroxylation is 2. The minimum atomic E-state index is 0.764. The Balaban J connectivity index is 1.19. The number of piperidine rings is 2. The van der Waals surface area contributed by atoms with Gasteiger partial charge < -0.3 is 14.7 Å². The maximum Gasteiger partial charge on any atom is 0.0723 e. The number of anilines is 1. The van der Waals surface area contributed by atoms with Gasteiger partial charge >= 0.3 is 0 Å². The van der Waals surface area contributed by atoms with Crippen molar-refractivity contribution >= 4 is 16.6 Å². The minimum Gasteiger partial charge on any atom is -0.371 e. The molecular weight excluding hydrogens is 382 g/mol. The van der Waals surface area contributed by atoms with Crippen molar-refractivity contribution in [3.05, 3.63) is 35.5 Å². The number of hydrogen-bond donors (Lipinski definition) is 0. The van der Waals surface area contributed by atoms with Crippen molar-refractivity contribution in [2.24, 2.45) is 0 Å². The summed E-state index contributed by atoms with van der Waals surface area (Å²) >= 11 is 0. The van der Waals surface area contributed by atoms with Crippen molar-refractivity contribution in [2.45, 2.75) is 51.6 Å². The highest BCUT2D eigenvalue weighted by Gasteiger charge is 2.31. The molecule has 0 unspecified atom stereocenters. The van der Waals surface area contributed by atoms with Gasteiger partial charge in [-0.2, -0.15) is 0 Å². The Morgan fingerprint density at radius 3 is 2.06 bits per heavy atom. The first-order valence-electron chi connectivity index (χ1n) is 12.4. The third-order valence-electron chi connectivity index (χ3n) is 8.03. The van der Waals surface area contributed by atoms with Crippen LogP contribution in [0.2, 0.25) is 0 Å². The van der Waals surface area contributed by atoms with Crippen LogP contribution >= 0.6 is 0 Å². The molecule has 5 heteroatoms. The van der Waals surface area contributed by atoms with E-state index in [4.69, 9.17) is 0 Å². The number of aromatic nitrogens is 1. The molecule has 3 fully saturated rings. The molecule has 31 heavy (non-hydrogen) atoms. The number of likely N-dealkylation sites (tertiary alicyclic amines) is 1. The quantitative estimate of drug-likeness (QED) is 0.755.